The van der Waals surface area contributed by atoms with Crippen LogP contribution in [0.3, 0.4) is 0 Å². The van der Waals surface area contributed by atoms with Crippen molar-refractivity contribution < 1.29 is 80.2 Å². The first-order valence-electron chi connectivity index (χ1n) is 41.7. The Balaban J connectivity index is 5.21. The lowest BCUT2D eigenvalue weighted by Crippen LogP contribution is -2.30. The van der Waals surface area contributed by atoms with Crippen LogP contribution in [0, 0.1) is 23.7 Å². The molecule has 0 rings (SSSR count). The van der Waals surface area contributed by atoms with Crippen LogP contribution in [0.5, 0.6) is 0 Å². The fraction of sp³-hybridized carbons (Fsp3) is 0.951. The van der Waals surface area contributed by atoms with E-state index in [1.54, 1.807) is 0 Å². The van der Waals surface area contributed by atoms with Gasteiger partial charge in [0, 0.05) is 25.7 Å². The molecule has 0 bridgehead atoms. The van der Waals surface area contributed by atoms with E-state index < -0.39 is 97.5 Å². The lowest BCUT2D eigenvalue weighted by Gasteiger charge is -2.21. The zero-order valence-corrected chi connectivity index (χ0v) is 67.6. The van der Waals surface area contributed by atoms with Crippen LogP contribution < -0.4 is 0 Å². The summed E-state index contributed by atoms with van der Waals surface area (Å²) < 4.78 is 68.6. The molecule has 6 atom stereocenters. The molecule has 0 aliphatic carbocycles. The number of carbonyl (C=O) groups excluding carboxylic acids is 4. The van der Waals surface area contributed by atoms with Gasteiger partial charge in [0.2, 0.25) is 0 Å². The van der Waals surface area contributed by atoms with Gasteiger partial charge in [-0.2, -0.15) is 0 Å². The predicted octanol–water partition coefficient (Wildman–Crippen LogP) is 24.0. The third-order valence-corrected chi connectivity index (χ3v) is 21.1. The Bertz CT molecular complexity index is 1960. The summed E-state index contributed by atoms with van der Waals surface area (Å²) in [6.07, 6.45) is 57.1. The number of aliphatic hydroxyl groups is 1. The zero-order chi connectivity index (χ0) is 73.8. The first kappa shape index (κ1) is 98.1. The van der Waals surface area contributed by atoms with Crippen LogP contribution in [-0.2, 0) is 65.4 Å². The third-order valence-electron chi connectivity index (χ3n) is 19.2. The molecule has 0 aliphatic rings. The molecule has 100 heavy (non-hydrogen) atoms. The van der Waals surface area contributed by atoms with Gasteiger partial charge in [0.25, 0.3) is 0 Å². The van der Waals surface area contributed by atoms with Crippen molar-refractivity contribution in [1.82, 2.24) is 0 Å². The molecule has 3 N–H and O–H groups in total. The first-order valence-corrected chi connectivity index (χ1v) is 44.7. The van der Waals surface area contributed by atoms with Crippen molar-refractivity contribution in [1.29, 1.82) is 0 Å². The van der Waals surface area contributed by atoms with Gasteiger partial charge in [-0.1, -0.05) is 364 Å². The number of rotatable bonds is 78. The second-order valence-electron chi connectivity index (χ2n) is 30.8. The van der Waals surface area contributed by atoms with E-state index in [1.807, 2.05) is 0 Å². The predicted molar refractivity (Wildman–Crippen MR) is 409 cm³/mol. The summed E-state index contributed by atoms with van der Waals surface area (Å²) in [7, 11) is -9.92. The minimum Gasteiger partial charge on any atom is -0.462 e. The highest BCUT2D eigenvalue weighted by atomic mass is 31.2. The summed E-state index contributed by atoms with van der Waals surface area (Å²) in [5.74, 6) is 0.977. The number of aliphatic hydroxyl groups excluding tert-OH is 1. The Morgan fingerprint density at radius 2 is 0.480 bits per heavy atom. The molecule has 3 unspecified atom stereocenters. The zero-order valence-electron chi connectivity index (χ0n) is 65.8. The van der Waals surface area contributed by atoms with E-state index in [1.165, 1.54) is 212 Å². The van der Waals surface area contributed by atoms with Crippen molar-refractivity contribution in [3.63, 3.8) is 0 Å². The number of ether oxygens (including phenoxy) is 4. The van der Waals surface area contributed by atoms with E-state index in [-0.39, 0.29) is 25.7 Å². The Morgan fingerprint density at radius 1 is 0.280 bits per heavy atom. The maximum atomic E-state index is 13.1. The van der Waals surface area contributed by atoms with Gasteiger partial charge in [0.05, 0.1) is 26.4 Å². The van der Waals surface area contributed by atoms with E-state index in [9.17, 15) is 43.2 Å². The van der Waals surface area contributed by atoms with E-state index >= 15 is 0 Å². The normalized spacial score (nSPS) is 14.3. The van der Waals surface area contributed by atoms with Gasteiger partial charge in [-0.05, 0) is 49.4 Å². The number of hydrogen-bond acceptors (Lipinski definition) is 15. The van der Waals surface area contributed by atoms with Gasteiger partial charge >= 0.3 is 39.5 Å². The van der Waals surface area contributed by atoms with Crippen molar-refractivity contribution in [3.05, 3.63) is 0 Å². The minimum absolute atomic E-state index is 0.105. The van der Waals surface area contributed by atoms with Crippen molar-refractivity contribution in [2.75, 3.05) is 39.6 Å². The number of esters is 4. The maximum absolute atomic E-state index is 13.1. The van der Waals surface area contributed by atoms with E-state index in [2.05, 4.69) is 55.4 Å². The molecular formula is C81H158O17P2. The second-order valence-corrected chi connectivity index (χ2v) is 33.7. The van der Waals surface area contributed by atoms with Crippen molar-refractivity contribution >= 4 is 39.5 Å². The van der Waals surface area contributed by atoms with Crippen molar-refractivity contribution in [3.8, 4) is 0 Å². The maximum Gasteiger partial charge on any atom is 0.472 e. The summed E-state index contributed by atoms with van der Waals surface area (Å²) in [6, 6.07) is 0. The second kappa shape index (κ2) is 70.1. The van der Waals surface area contributed by atoms with E-state index in [0.29, 0.717) is 31.6 Å². The largest absolute Gasteiger partial charge is 0.472 e. The van der Waals surface area contributed by atoms with Crippen LogP contribution in [0.2, 0.25) is 0 Å². The lowest BCUT2D eigenvalue weighted by molar-refractivity contribution is -0.161. The molecule has 0 saturated carbocycles. The lowest BCUT2D eigenvalue weighted by atomic mass is 9.99. The van der Waals surface area contributed by atoms with Crippen LogP contribution in [0.4, 0.5) is 0 Å². The number of unbranched alkanes of at least 4 members (excludes halogenated alkanes) is 43. The smallest absolute Gasteiger partial charge is 0.462 e. The SMILES string of the molecule is CCC(C)CCCCCCCCCCCCCCCCCCCCC(=O)O[C@H](COC(=O)CCCCCCCCCCCCCCCC(C)C)COP(=O)(O)OC[C@@H](O)COP(=O)(O)OC[C@@H](COC(=O)CCCCCCCCC(C)C)OC(=O)CCCCCCCCCCCCC(C)C. The van der Waals surface area contributed by atoms with Gasteiger partial charge in [-0.25, -0.2) is 9.13 Å². The molecule has 0 fully saturated rings. The Hall–Kier alpha value is -1.94. The standard InChI is InChI=1S/C81H158O17P2/c1-9-74(8)60-52-44-35-29-22-18-14-12-10-11-13-15-19-24-31-37-47-55-63-80(85)97-76(67-91-78(83)61-53-45-36-30-23-20-16-17-21-27-33-41-49-57-71(2)3)69-95-99(87,88)93-65-75(82)66-94-100(89,90)96-70-77(68-92-79(84)62-54-46-40-39-43-51-59-73(6)7)98-81(86)64-56-48-38-32-26-25-28-34-42-50-58-72(4)5/h71-77,82H,9-70H2,1-8H3,(H,87,88)(H,89,90)/t74?,75-,76-,77-/m1/s1. The fourth-order valence-electron chi connectivity index (χ4n) is 12.4. The molecule has 0 saturated heterocycles. The van der Waals surface area contributed by atoms with Crippen molar-refractivity contribution in [2.24, 2.45) is 23.7 Å². The topological polar surface area (TPSA) is 237 Å². The van der Waals surface area contributed by atoms with Gasteiger partial charge in [-0.3, -0.25) is 37.3 Å². The van der Waals surface area contributed by atoms with Crippen molar-refractivity contribution in [2.45, 2.75) is 433 Å². The Labute approximate surface area is 613 Å². The summed E-state index contributed by atoms with van der Waals surface area (Å²) in [5, 5.41) is 10.6. The average molecular weight is 1470 g/mol. The van der Waals surface area contributed by atoms with Crippen LogP contribution in [0.15, 0.2) is 0 Å². The van der Waals surface area contributed by atoms with Crippen LogP contribution >= 0.6 is 15.6 Å². The Morgan fingerprint density at radius 3 is 0.710 bits per heavy atom. The molecule has 0 aromatic heterocycles. The quantitative estimate of drug-likeness (QED) is 0.0222. The van der Waals surface area contributed by atoms with Crippen LogP contribution in [-0.4, -0.2) is 96.7 Å². The molecule has 594 valence electrons. The monoisotopic (exact) mass is 1470 g/mol. The summed E-state index contributed by atoms with van der Waals surface area (Å²) >= 11 is 0. The highest BCUT2D eigenvalue weighted by Crippen LogP contribution is 2.45. The third kappa shape index (κ3) is 73.0. The number of carbonyl (C=O) groups is 4. The van der Waals surface area contributed by atoms with Gasteiger partial charge in [-0.15, -0.1) is 0 Å². The molecule has 17 nitrogen and oxygen atoms in total. The van der Waals surface area contributed by atoms with Crippen LogP contribution in [0.1, 0.15) is 415 Å². The molecule has 19 heteroatoms. The first-order chi connectivity index (χ1) is 48.1. The van der Waals surface area contributed by atoms with Crippen LogP contribution in [0.25, 0.3) is 0 Å². The molecule has 0 radical (unpaired) electrons. The highest BCUT2D eigenvalue weighted by Gasteiger charge is 2.30. The van der Waals surface area contributed by atoms with Gasteiger partial charge < -0.3 is 33.8 Å². The molecule has 0 amide bonds. The molecule has 0 aromatic carbocycles. The van der Waals surface area contributed by atoms with E-state index in [0.717, 1.165) is 114 Å². The number of phosphoric acid groups is 2. The highest BCUT2D eigenvalue weighted by molar-refractivity contribution is 7.47. The molecule has 0 aromatic rings. The fourth-order valence-corrected chi connectivity index (χ4v) is 14.0. The summed E-state index contributed by atoms with van der Waals surface area (Å²) in [6.45, 7) is 14.2. The molecule has 0 spiro atoms. The molecular weight excluding hydrogens is 1310 g/mol. The van der Waals surface area contributed by atoms with Gasteiger partial charge in [0.1, 0.15) is 19.3 Å². The molecule has 0 aliphatic heterocycles. The Kier molecular flexibility index (Phi) is 68.7. The number of hydrogen-bond donors (Lipinski definition) is 3. The minimum atomic E-state index is -4.96. The molecule has 0 heterocycles. The summed E-state index contributed by atoms with van der Waals surface area (Å²) in [5.41, 5.74) is 0. The number of phosphoric ester groups is 2. The van der Waals surface area contributed by atoms with E-state index in [4.69, 9.17) is 37.0 Å². The average Bonchev–Trinajstić information content (AvgIpc) is 0.948. The van der Waals surface area contributed by atoms with Gasteiger partial charge in [0.15, 0.2) is 12.2 Å². The summed E-state index contributed by atoms with van der Waals surface area (Å²) in [4.78, 5) is 72.9.